The van der Waals surface area contributed by atoms with E-state index in [-0.39, 0.29) is 11.5 Å². The Morgan fingerprint density at radius 3 is 2.67 bits per heavy atom. The molecular weight excluding hydrogens is 158 g/mol. The summed E-state index contributed by atoms with van der Waals surface area (Å²) in [6.45, 7) is 3.63. The molecular formula is C8H11NO3. The van der Waals surface area contributed by atoms with Gasteiger partial charge in [0.25, 0.3) is 0 Å². The van der Waals surface area contributed by atoms with Crippen molar-refractivity contribution in [1.82, 2.24) is 0 Å². The van der Waals surface area contributed by atoms with Gasteiger partial charge in [-0.15, -0.1) is 0 Å². The minimum Gasteiger partial charge on any atom is -0.466 e. The third-order valence-electron chi connectivity index (χ3n) is 1.71. The molecule has 4 nitrogen and oxygen atoms in total. The van der Waals surface area contributed by atoms with Gasteiger partial charge < -0.3 is 4.42 Å². The van der Waals surface area contributed by atoms with Gasteiger partial charge in [0.1, 0.15) is 11.5 Å². The SMILES string of the molecule is Cc1cc(CC[N+](=O)[O-])c(C)o1. The lowest BCUT2D eigenvalue weighted by molar-refractivity contribution is -0.479. The molecule has 0 aromatic carbocycles. The molecule has 0 bridgehead atoms. The Morgan fingerprint density at radius 2 is 2.25 bits per heavy atom. The van der Waals surface area contributed by atoms with Gasteiger partial charge in [-0.25, -0.2) is 0 Å². The van der Waals surface area contributed by atoms with E-state index in [2.05, 4.69) is 0 Å². The van der Waals surface area contributed by atoms with E-state index in [4.69, 9.17) is 4.42 Å². The largest absolute Gasteiger partial charge is 0.466 e. The van der Waals surface area contributed by atoms with E-state index < -0.39 is 0 Å². The number of hydrogen-bond donors (Lipinski definition) is 0. The number of aryl methyl sites for hydroxylation is 2. The molecule has 0 radical (unpaired) electrons. The molecule has 0 aliphatic heterocycles. The van der Waals surface area contributed by atoms with Crippen molar-refractivity contribution in [1.29, 1.82) is 0 Å². The lowest BCUT2D eigenvalue weighted by Gasteiger charge is -1.91. The number of hydrogen-bond acceptors (Lipinski definition) is 3. The standard InChI is InChI=1S/C8H11NO3/c1-6-5-8(7(2)12-6)3-4-9(10)11/h5H,3-4H2,1-2H3. The van der Waals surface area contributed by atoms with Gasteiger partial charge in [-0.1, -0.05) is 0 Å². The van der Waals surface area contributed by atoms with Gasteiger partial charge in [0.15, 0.2) is 0 Å². The van der Waals surface area contributed by atoms with E-state index in [0.29, 0.717) is 6.42 Å². The topological polar surface area (TPSA) is 56.3 Å². The van der Waals surface area contributed by atoms with Crippen LogP contribution in [0.15, 0.2) is 10.5 Å². The number of nitrogens with zero attached hydrogens (tertiary/aromatic N) is 1. The van der Waals surface area contributed by atoms with Crippen LogP contribution in [0.25, 0.3) is 0 Å². The van der Waals surface area contributed by atoms with Crippen LogP contribution in [-0.4, -0.2) is 11.5 Å². The highest BCUT2D eigenvalue weighted by Gasteiger charge is 2.06. The van der Waals surface area contributed by atoms with Crippen LogP contribution in [-0.2, 0) is 6.42 Å². The average Bonchev–Trinajstić information content (AvgIpc) is 2.26. The van der Waals surface area contributed by atoms with Crippen molar-refractivity contribution in [2.45, 2.75) is 20.3 Å². The molecule has 0 spiro atoms. The maximum Gasteiger partial charge on any atom is 0.208 e. The van der Waals surface area contributed by atoms with Crippen molar-refractivity contribution in [2.24, 2.45) is 0 Å². The van der Waals surface area contributed by atoms with Gasteiger partial charge in [-0.05, 0) is 25.5 Å². The zero-order valence-electron chi connectivity index (χ0n) is 7.16. The Hall–Kier alpha value is -1.32. The smallest absolute Gasteiger partial charge is 0.208 e. The summed E-state index contributed by atoms with van der Waals surface area (Å²) in [5.41, 5.74) is 0.934. The van der Waals surface area contributed by atoms with Crippen LogP contribution in [0, 0.1) is 24.0 Å². The molecule has 1 aromatic heterocycles. The van der Waals surface area contributed by atoms with Gasteiger partial charge >= 0.3 is 0 Å². The van der Waals surface area contributed by atoms with Gasteiger partial charge in [0.05, 0.1) is 0 Å². The summed E-state index contributed by atoms with van der Waals surface area (Å²) in [5, 5.41) is 10.1. The van der Waals surface area contributed by atoms with Crippen LogP contribution in [0.2, 0.25) is 0 Å². The van der Waals surface area contributed by atoms with Crippen LogP contribution in [0.4, 0.5) is 0 Å². The molecule has 4 heteroatoms. The maximum atomic E-state index is 10.1. The molecule has 0 saturated heterocycles. The fourth-order valence-corrected chi connectivity index (χ4v) is 1.14. The zero-order valence-corrected chi connectivity index (χ0v) is 7.16. The monoisotopic (exact) mass is 169 g/mol. The molecule has 0 amide bonds. The van der Waals surface area contributed by atoms with E-state index in [0.717, 1.165) is 17.1 Å². The van der Waals surface area contributed by atoms with Crippen molar-refractivity contribution in [3.63, 3.8) is 0 Å². The normalized spacial score (nSPS) is 10.2. The number of furan rings is 1. The van der Waals surface area contributed by atoms with Crippen LogP contribution < -0.4 is 0 Å². The molecule has 1 rings (SSSR count). The predicted molar refractivity (Wildman–Crippen MR) is 43.7 cm³/mol. The van der Waals surface area contributed by atoms with Crippen LogP contribution in [0.3, 0.4) is 0 Å². The molecule has 0 fully saturated rings. The number of nitro groups is 1. The van der Waals surface area contributed by atoms with Gasteiger partial charge in [-0.2, -0.15) is 0 Å². The van der Waals surface area contributed by atoms with Crippen LogP contribution >= 0.6 is 0 Å². The molecule has 1 aromatic rings. The number of rotatable bonds is 3. The first-order valence-corrected chi connectivity index (χ1v) is 3.77. The molecule has 0 aliphatic carbocycles. The lowest BCUT2D eigenvalue weighted by atomic mass is 10.2. The highest BCUT2D eigenvalue weighted by Crippen LogP contribution is 2.13. The van der Waals surface area contributed by atoms with Crippen molar-refractivity contribution in [2.75, 3.05) is 6.54 Å². The molecule has 12 heavy (non-hydrogen) atoms. The summed E-state index contributed by atoms with van der Waals surface area (Å²) in [5.74, 6) is 1.60. The van der Waals surface area contributed by atoms with Crippen molar-refractivity contribution in [3.05, 3.63) is 33.3 Å². The molecule has 0 saturated carbocycles. The van der Waals surface area contributed by atoms with E-state index in [1.54, 1.807) is 0 Å². The third kappa shape index (κ3) is 2.08. The van der Waals surface area contributed by atoms with E-state index in [9.17, 15) is 10.1 Å². The van der Waals surface area contributed by atoms with Crippen LogP contribution in [0.5, 0.6) is 0 Å². The minimum absolute atomic E-state index is 0.0280. The Labute approximate surface area is 70.3 Å². The molecule has 0 atom stereocenters. The quantitative estimate of drug-likeness (QED) is 0.511. The van der Waals surface area contributed by atoms with Crippen LogP contribution in [0.1, 0.15) is 17.1 Å². The van der Waals surface area contributed by atoms with Gasteiger partial charge in [0.2, 0.25) is 6.54 Å². The Kier molecular flexibility index (Phi) is 2.47. The fourth-order valence-electron chi connectivity index (χ4n) is 1.14. The second-order valence-electron chi connectivity index (χ2n) is 2.74. The van der Waals surface area contributed by atoms with Crippen molar-refractivity contribution >= 4 is 0 Å². The lowest BCUT2D eigenvalue weighted by Crippen LogP contribution is -2.03. The summed E-state index contributed by atoms with van der Waals surface area (Å²) in [6, 6.07) is 1.85. The molecule has 0 aliphatic rings. The Morgan fingerprint density at radius 1 is 1.58 bits per heavy atom. The van der Waals surface area contributed by atoms with Crippen molar-refractivity contribution in [3.8, 4) is 0 Å². The fraction of sp³-hybridized carbons (Fsp3) is 0.500. The molecule has 1 heterocycles. The first-order valence-electron chi connectivity index (χ1n) is 3.77. The Balaban J connectivity index is 2.62. The highest BCUT2D eigenvalue weighted by molar-refractivity contribution is 5.19. The summed E-state index contributed by atoms with van der Waals surface area (Å²) >= 11 is 0. The van der Waals surface area contributed by atoms with Gasteiger partial charge in [0, 0.05) is 11.3 Å². The summed E-state index contributed by atoms with van der Waals surface area (Å²) in [6.07, 6.45) is 0.455. The van der Waals surface area contributed by atoms with Crippen molar-refractivity contribution < 1.29 is 9.34 Å². The minimum atomic E-state index is -0.318. The summed E-state index contributed by atoms with van der Waals surface area (Å²) < 4.78 is 5.22. The third-order valence-corrected chi connectivity index (χ3v) is 1.71. The second-order valence-corrected chi connectivity index (χ2v) is 2.74. The molecule has 0 unspecified atom stereocenters. The molecule has 66 valence electrons. The van der Waals surface area contributed by atoms with E-state index >= 15 is 0 Å². The predicted octanol–water partition coefficient (Wildman–Crippen LogP) is 1.72. The summed E-state index contributed by atoms with van der Waals surface area (Å²) in [4.78, 5) is 9.75. The van der Waals surface area contributed by atoms with Gasteiger partial charge in [-0.3, -0.25) is 10.1 Å². The molecule has 0 N–H and O–H groups in total. The first-order chi connectivity index (χ1) is 5.59. The first kappa shape index (κ1) is 8.77. The highest BCUT2D eigenvalue weighted by atomic mass is 16.6. The van der Waals surface area contributed by atoms with E-state index in [1.807, 2.05) is 19.9 Å². The van der Waals surface area contributed by atoms with E-state index in [1.165, 1.54) is 0 Å². The zero-order chi connectivity index (χ0) is 9.14. The average molecular weight is 169 g/mol. The maximum absolute atomic E-state index is 10.1. The Bertz CT molecular complexity index is 290. The second kappa shape index (κ2) is 3.38. The summed E-state index contributed by atoms with van der Waals surface area (Å²) in [7, 11) is 0.